The molecule has 1 saturated heterocycles. The average Bonchev–Trinajstić information content (AvgIpc) is 2.61. The van der Waals surface area contributed by atoms with Gasteiger partial charge in [-0.25, -0.2) is 0 Å². The Kier molecular flexibility index (Phi) is 6.73. The van der Waals surface area contributed by atoms with Crippen molar-refractivity contribution in [3.8, 4) is 0 Å². The normalized spacial score (nSPS) is 20.8. The molecule has 0 bridgehead atoms. The summed E-state index contributed by atoms with van der Waals surface area (Å²) in [4.78, 5) is 6.81. The Hall–Kier alpha value is -1.11. The van der Waals surface area contributed by atoms with E-state index in [1.54, 1.807) is 0 Å². The second-order valence-electron chi connectivity index (χ2n) is 6.95. The first-order chi connectivity index (χ1) is 12.2. The molecule has 5 nitrogen and oxygen atoms in total. The van der Waals surface area contributed by atoms with Gasteiger partial charge in [0.1, 0.15) is 0 Å². The fraction of sp³-hybridized carbons (Fsp3) is 0.632. The van der Waals surface area contributed by atoms with E-state index in [4.69, 9.17) is 4.74 Å². The van der Waals surface area contributed by atoms with Gasteiger partial charge in [-0.2, -0.15) is 0 Å². The first kappa shape index (κ1) is 18.7. The number of ether oxygens (including phenoxy) is 1. The monoisotopic (exact) mass is 408 g/mol. The Bertz CT molecular complexity index is 565. The quantitative estimate of drug-likeness (QED) is 0.560. The van der Waals surface area contributed by atoms with Crippen LogP contribution in [0.4, 0.5) is 0 Å². The van der Waals surface area contributed by atoms with Crippen LogP contribution in [0.15, 0.2) is 33.7 Å². The average molecular weight is 409 g/mol. The van der Waals surface area contributed by atoms with Crippen molar-refractivity contribution in [1.29, 1.82) is 0 Å². The summed E-state index contributed by atoms with van der Waals surface area (Å²) in [5.41, 5.74) is 1.68. The molecule has 1 aliphatic carbocycles. The number of guanidine groups is 1. The number of benzene rings is 1. The summed E-state index contributed by atoms with van der Waals surface area (Å²) in [6.07, 6.45) is 3.79. The maximum absolute atomic E-state index is 5.39. The molecule has 1 saturated carbocycles. The molecule has 0 atom stereocenters. The summed E-state index contributed by atoms with van der Waals surface area (Å²) in [6, 6.07) is 8.79. The highest BCUT2D eigenvalue weighted by atomic mass is 79.9. The van der Waals surface area contributed by atoms with Crippen molar-refractivity contribution >= 4 is 21.9 Å². The predicted octanol–water partition coefficient (Wildman–Crippen LogP) is 2.37. The summed E-state index contributed by atoms with van der Waals surface area (Å²) in [5, 5.41) is 6.99. The molecular weight excluding hydrogens is 380 g/mol. The van der Waals surface area contributed by atoms with Gasteiger partial charge in [0.05, 0.1) is 13.2 Å². The first-order valence-corrected chi connectivity index (χ1v) is 10.0. The summed E-state index contributed by atoms with van der Waals surface area (Å²) in [7, 11) is 1.84. The molecule has 3 rings (SSSR count). The Balaban J connectivity index is 1.47. The molecule has 1 heterocycles. The number of hydrogen-bond acceptors (Lipinski definition) is 3. The van der Waals surface area contributed by atoms with Gasteiger partial charge in [0.25, 0.3) is 0 Å². The Morgan fingerprint density at radius 2 is 1.92 bits per heavy atom. The molecule has 6 heteroatoms. The van der Waals surface area contributed by atoms with E-state index in [0.29, 0.717) is 0 Å². The Morgan fingerprint density at radius 3 is 2.52 bits per heavy atom. The van der Waals surface area contributed by atoms with E-state index in [2.05, 4.69) is 60.7 Å². The zero-order chi connectivity index (χ0) is 17.5. The second-order valence-corrected chi connectivity index (χ2v) is 7.86. The minimum absolute atomic E-state index is 0.253. The standard InChI is InChI=1S/C19H29BrN4O/c1-21-18(22-9-10-24-11-13-25-14-12-24)23-15-19(7-2-8-19)16-3-5-17(20)6-4-16/h3-6H,2,7-15H2,1H3,(H2,21,22,23). The van der Waals surface area contributed by atoms with Crippen LogP contribution in [-0.4, -0.2) is 63.8 Å². The van der Waals surface area contributed by atoms with Crippen molar-refractivity contribution in [2.75, 3.05) is 53.0 Å². The van der Waals surface area contributed by atoms with Crippen LogP contribution in [0.3, 0.4) is 0 Å². The lowest BCUT2D eigenvalue weighted by Crippen LogP contribution is -2.50. The number of nitrogens with zero attached hydrogens (tertiary/aromatic N) is 2. The fourth-order valence-corrected chi connectivity index (χ4v) is 3.87. The van der Waals surface area contributed by atoms with E-state index in [-0.39, 0.29) is 5.41 Å². The smallest absolute Gasteiger partial charge is 0.191 e. The maximum Gasteiger partial charge on any atom is 0.191 e. The first-order valence-electron chi connectivity index (χ1n) is 9.22. The highest BCUT2D eigenvalue weighted by molar-refractivity contribution is 9.10. The van der Waals surface area contributed by atoms with Crippen molar-refractivity contribution in [3.05, 3.63) is 34.3 Å². The lowest BCUT2D eigenvalue weighted by molar-refractivity contribution is 0.0389. The molecular formula is C19H29BrN4O. The van der Waals surface area contributed by atoms with Crippen LogP contribution < -0.4 is 10.6 Å². The number of hydrogen-bond donors (Lipinski definition) is 2. The molecule has 0 amide bonds. The molecule has 1 aromatic carbocycles. The van der Waals surface area contributed by atoms with Gasteiger partial charge in [0.2, 0.25) is 0 Å². The predicted molar refractivity (Wildman–Crippen MR) is 106 cm³/mol. The van der Waals surface area contributed by atoms with Gasteiger partial charge in [-0.3, -0.25) is 9.89 Å². The van der Waals surface area contributed by atoms with Crippen molar-refractivity contribution in [3.63, 3.8) is 0 Å². The summed E-state index contributed by atoms with van der Waals surface area (Å²) >= 11 is 3.53. The summed E-state index contributed by atoms with van der Waals surface area (Å²) in [6.45, 7) is 6.63. The van der Waals surface area contributed by atoms with Crippen molar-refractivity contribution < 1.29 is 4.74 Å². The van der Waals surface area contributed by atoms with Crippen molar-refractivity contribution in [1.82, 2.24) is 15.5 Å². The number of halogens is 1. The van der Waals surface area contributed by atoms with Crippen molar-refractivity contribution in [2.24, 2.45) is 4.99 Å². The lowest BCUT2D eigenvalue weighted by atomic mass is 9.64. The topological polar surface area (TPSA) is 48.9 Å². The minimum atomic E-state index is 0.253. The zero-order valence-electron chi connectivity index (χ0n) is 15.1. The van der Waals surface area contributed by atoms with Crippen LogP contribution in [0.1, 0.15) is 24.8 Å². The highest BCUT2D eigenvalue weighted by Crippen LogP contribution is 2.43. The maximum atomic E-state index is 5.39. The van der Waals surface area contributed by atoms with E-state index < -0.39 is 0 Å². The Morgan fingerprint density at radius 1 is 1.20 bits per heavy atom. The Labute approximate surface area is 159 Å². The van der Waals surface area contributed by atoms with Gasteiger partial charge in [-0.05, 0) is 30.5 Å². The van der Waals surface area contributed by atoms with E-state index in [9.17, 15) is 0 Å². The van der Waals surface area contributed by atoms with Crippen molar-refractivity contribution in [2.45, 2.75) is 24.7 Å². The molecule has 2 aliphatic rings. The van der Waals surface area contributed by atoms with Crippen LogP contribution in [-0.2, 0) is 10.2 Å². The molecule has 1 aromatic rings. The zero-order valence-corrected chi connectivity index (χ0v) is 16.6. The van der Waals surface area contributed by atoms with Gasteiger partial charge in [-0.1, -0.05) is 34.5 Å². The van der Waals surface area contributed by atoms with Crippen LogP contribution in [0.5, 0.6) is 0 Å². The lowest BCUT2D eigenvalue weighted by Gasteiger charge is -2.43. The SMILES string of the molecule is CN=C(NCCN1CCOCC1)NCC1(c2ccc(Br)cc2)CCC1. The van der Waals surface area contributed by atoms with E-state index >= 15 is 0 Å². The number of aliphatic imine (C=N–C) groups is 1. The van der Waals surface area contributed by atoms with E-state index in [1.807, 2.05) is 7.05 Å². The fourth-order valence-electron chi connectivity index (χ4n) is 3.61. The van der Waals surface area contributed by atoms with E-state index in [1.165, 1.54) is 24.8 Å². The van der Waals surface area contributed by atoms with Gasteiger partial charge < -0.3 is 15.4 Å². The molecule has 1 aliphatic heterocycles. The van der Waals surface area contributed by atoms with Crippen LogP contribution in [0, 0.1) is 0 Å². The number of nitrogens with one attached hydrogen (secondary N) is 2. The van der Waals surface area contributed by atoms with Gasteiger partial charge in [-0.15, -0.1) is 0 Å². The molecule has 0 unspecified atom stereocenters. The molecule has 138 valence electrons. The van der Waals surface area contributed by atoms with E-state index in [0.717, 1.165) is 56.4 Å². The summed E-state index contributed by atoms with van der Waals surface area (Å²) in [5.74, 6) is 0.900. The third-order valence-corrected chi connectivity index (χ3v) is 5.94. The van der Waals surface area contributed by atoms with Crippen LogP contribution in [0.25, 0.3) is 0 Å². The minimum Gasteiger partial charge on any atom is -0.379 e. The van der Waals surface area contributed by atoms with Crippen LogP contribution >= 0.6 is 15.9 Å². The van der Waals surface area contributed by atoms with Crippen LogP contribution in [0.2, 0.25) is 0 Å². The molecule has 2 N–H and O–H groups in total. The second kappa shape index (κ2) is 9.01. The molecule has 2 fully saturated rings. The largest absolute Gasteiger partial charge is 0.379 e. The third-order valence-electron chi connectivity index (χ3n) is 5.41. The number of rotatable bonds is 6. The highest BCUT2D eigenvalue weighted by Gasteiger charge is 2.38. The number of morpholine rings is 1. The molecule has 0 aromatic heterocycles. The summed E-state index contributed by atoms with van der Waals surface area (Å²) < 4.78 is 6.53. The van der Waals surface area contributed by atoms with Gasteiger partial charge in [0.15, 0.2) is 5.96 Å². The van der Waals surface area contributed by atoms with Gasteiger partial charge in [0, 0.05) is 49.7 Å². The molecule has 0 spiro atoms. The van der Waals surface area contributed by atoms with Gasteiger partial charge >= 0.3 is 0 Å². The third kappa shape index (κ3) is 4.96. The molecule has 0 radical (unpaired) electrons. The molecule has 25 heavy (non-hydrogen) atoms.